The summed E-state index contributed by atoms with van der Waals surface area (Å²) in [6.07, 6.45) is -5.54. The number of aliphatic hydroxyl groups excluding tert-OH is 3. The molecule has 202 valence electrons. The molecule has 18 nitrogen and oxygen atoms in total. The van der Waals surface area contributed by atoms with Gasteiger partial charge in [0.1, 0.15) is 30.2 Å². The maximum atomic E-state index is 12.2. The number of aromatic nitrogens is 4. The zero-order valence-corrected chi connectivity index (χ0v) is 20.5. The van der Waals surface area contributed by atoms with Gasteiger partial charge in [-0.1, -0.05) is 13.8 Å². The highest BCUT2D eigenvalue weighted by molar-refractivity contribution is 7.48. The highest BCUT2D eigenvalue weighted by Crippen LogP contribution is 2.46. The molecule has 3 rings (SSSR count). The van der Waals surface area contributed by atoms with Crippen molar-refractivity contribution in [2.24, 2.45) is 5.41 Å². The second-order valence-electron chi connectivity index (χ2n) is 8.46. The van der Waals surface area contributed by atoms with E-state index < -0.39 is 70.9 Å². The van der Waals surface area contributed by atoms with Crippen LogP contribution in [-0.4, -0.2) is 93.1 Å². The molecule has 2 aromatic rings. The van der Waals surface area contributed by atoms with Crippen LogP contribution in [0, 0.1) is 5.41 Å². The van der Waals surface area contributed by atoms with E-state index in [-0.39, 0.29) is 17.0 Å². The molecule has 8 N–H and O–H groups in total. The average molecular weight is 557 g/mol. The molecule has 6 atom stereocenters. The van der Waals surface area contributed by atoms with Crippen molar-refractivity contribution in [2.45, 2.75) is 44.5 Å². The first kappa shape index (κ1) is 28.5. The average Bonchev–Trinajstić information content (AvgIpc) is 3.32. The van der Waals surface area contributed by atoms with E-state index in [1.807, 2.05) is 0 Å². The largest absolute Gasteiger partial charge is 0.529 e. The van der Waals surface area contributed by atoms with Crippen molar-refractivity contribution >= 4 is 38.6 Å². The van der Waals surface area contributed by atoms with E-state index in [0.717, 1.165) is 6.33 Å². The Labute approximate surface area is 202 Å². The van der Waals surface area contributed by atoms with E-state index in [1.165, 1.54) is 24.7 Å². The lowest BCUT2D eigenvalue weighted by Gasteiger charge is -2.28. The summed E-state index contributed by atoms with van der Waals surface area (Å²) in [6, 6.07) is 0. The molecule has 0 saturated carbocycles. The van der Waals surface area contributed by atoms with E-state index in [2.05, 4.69) is 28.5 Å². The number of fused-ring (bicyclic) bond motifs is 1. The minimum absolute atomic E-state index is 0.0633. The zero-order valence-electron chi connectivity index (χ0n) is 18.8. The van der Waals surface area contributed by atoms with E-state index in [9.17, 15) is 34.1 Å². The number of phosphoric acid groups is 2. The van der Waals surface area contributed by atoms with Gasteiger partial charge in [0.05, 0.1) is 19.5 Å². The van der Waals surface area contributed by atoms with Crippen LogP contribution in [0.25, 0.3) is 11.2 Å². The first-order valence-corrected chi connectivity index (χ1v) is 13.1. The van der Waals surface area contributed by atoms with Crippen molar-refractivity contribution in [1.82, 2.24) is 19.5 Å². The molecule has 0 radical (unpaired) electrons. The van der Waals surface area contributed by atoms with Gasteiger partial charge in [0.2, 0.25) is 0 Å². The summed E-state index contributed by atoms with van der Waals surface area (Å²) in [5, 5.41) is 30.8. The smallest absolute Gasteiger partial charge is 0.387 e. The topological polar surface area (TPSA) is 279 Å². The minimum atomic E-state index is -5.18. The van der Waals surface area contributed by atoms with Crippen LogP contribution in [0.15, 0.2) is 12.7 Å². The van der Waals surface area contributed by atoms with Gasteiger partial charge in [0, 0.05) is 5.41 Å². The molecule has 20 heteroatoms. The predicted molar refractivity (Wildman–Crippen MR) is 115 cm³/mol. The first-order valence-electron chi connectivity index (χ1n) is 10.1. The van der Waals surface area contributed by atoms with E-state index in [4.69, 9.17) is 20.3 Å². The summed E-state index contributed by atoms with van der Waals surface area (Å²) >= 11 is 0. The number of nitrogens with zero attached hydrogens (tertiary/aromatic N) is 4. The van der Waals surface area contributed by atoms with Gasteiger partial charge in [-0.15, -0.1) is 0 Å². The standard InChI is InChI=1S/C16H25N5O13P2/c1-16(2,4-32-35(26,27)28)11(24)15(25)34-36(29,30)31-3-7-9(22)10(23)14(33-7)21-6-20-8-12(17)18-5-19-13(8)21/h5-7,9-11,14,22-24H,3-4H2,1-2H3,(H,29,30)(H2,17,18,19)(H2,26,27,28)/t7-,9-,10-,11+,14-/m1/s1. The molecule has 36 heavy (non-hydrogen) atoms. The number of phosphoric ester groups is 2. The Hall–Kier alpha value is -2.08. The van der Waals surface area contributed by atoms with Crippen molar-refractivity contribution in [1.29, 1.82) is 0 Å². The molecule has 1 aliphatic rings. The lowest BCUT2D eigenvalue weighted by Crippen LogP contribution is -2.40. The number of hydrogen-bond donors (Lipinski definition) is 7. The molecule has 1 unspecified atom stereocenters. The monoisotopic (exact) mass is 557 g/mol. The van der Waals surface area contributed by atoms with E-state index in [0.29, 0.717) is 0 Å². The van der Waals surface area contributed by atoms with Crippen LogP contribution >= 0.6 is 15.6 Å². The number of anilines is 1. The van der Waals surface area contributed by atoms with Gasteiger partial charge >= 0.3 is 21.6 Å². The molecule has 1 fully saturated rings. The minimum Gasteiger partial charge on any atom is -0.387 e. The van der Waals surface area contributed by atoms with Crippen LogP contribution in [0.5, 0.6) is 0 Å². The molecule has 0 aromatic carbocycles. The maximum Gasteiger partial charge on any atom is 0.529 e. The summed E-state index contributed by atoms with van der Waals surface area (Å²) in [6.45, 7) is 0.728. The lowest BCUT2D eigenvalue weighted by molar-refractivity contribution is -0.153. The van der Waals surface area contributed by atoms with Gasteiger partial charge in [0.25, 0.3) is 0 Å². The van der Waals surface area contributed by atoms with Crippen LogP contribution in [0.2, 0.25) is 0 Å². The number of rotatable bonds is 10. The summed E-state index contributed by atoms with van der Waals surface area (Å²) < 4.78 is 43.1. The molecular formula is C16H25N5O13P2. The van der Waals surface area contributed by atoms with Crippen LogP contribution in [0.3, 0.4) is 0 Å². The van der Waals surface area contributed by atoms with Crippen LogP contribution in [0.4, 0.5) is 5.82 Å². The molecule has 0 amide bonds. The zero-order chi connectivity index (χ0) is 27.1. The Morgan fingerprint density at radius 1 is 1.19 bits per heavy atom. The SMILES string of the molecule is CC(C)(COP(=O)(O)O)[C@@H](O)C(=O)OP(=O)(O)OC[C@H]1O[C@@H](n2cnc3c(N)ncnc32)[C@H](O)[C@@H]1O. The second kappa shape index (κ2) is 10.4. The van der Waals surface area contributed by atoms with Crippen molar-refractivity contribution < 1.29 is 62.2 Å². The third-order valence-corrected chi connectivity index (χ3v) is 6.53. The van der Waals surface area contributed by atoms with Crippen molar-refractivity contribution in [3.63, 3.8) is 0 Å². The fourth-order valence-electron chi connectivity index (χ4n) is 3.16. The van der Waals surface area contributed by atoms with Gasteiger partial charge < -0.3 is 40.1 Å². The molecule has 0 bridgehead atoms. The van der Waals surface area contributed by atoms with Gasteiger partial charge in [-0.3, -0.25) is 18.5 Å². The number of aliphatic hydroxyl groups is 3. The third-order valence-electron chi connectivity index (χ3n) is 5.17. The Balaban J connectivity index is 1.61. The highest BCUT2D eigenvalue weighted by Gasteiger charge is 2.46. The van der Waals surface area contributed by atoms with Crippen molar-refractivity contribution in [3.8, 4) is 0 Å². The van der Waals surface area contributed by atoms with Crippen LogP contribution in [0.1, 0.15) is 20.1 Å². The van der Waals surface area contributed by atoms with Crippen molar-refractivity contribution in [2.75, 3.05) is 18.9 Å². The highest BCUT2D eigenvalue weighted by atomic mass is 31.2. The Kier molecular flexibility index (Phi) is 8.19. The molecule has 1 aliphatic heterocycles. The number of nitrogens with two attached hydrogens (primary N) is 1. The van der Waals surface area contributed by atoms with Crippen LogP contribution in [-0.2, 0) is 32.2 Å². The molecule has 0 aliphatic carbocycles. The quantitative estimate of drug-likeness (QED) is 0.158. The number of carbonyl (C=O) groups is 1. The fourth-order valence-corrected chi connectivity index (χ4v) is 4.38. The summed E-state index contributed by atoms with van der Waals surface area (Å²) in [4.78, 5) is 51.3. The Morgan fingerprint density at radius 3 is 2.50 bits per heavy atom. The van der Waals surface area contributed by atoms with Crippen LogP contribution < -0.4 is 5.73 Å². The number of imidazole rings is 1. The number of ether oxygens (including phenoxy) is 1. The van der Waals surface area contributed by atoms with Gasteiger partial charge in [-0.25, -0.2) is 28.9 Å². The Bertz CT molecular complexity index is 1200. The van der Waals surface area contributed by atoms with Crippen molar-refractivity contribution in [3.05, 3.63) is 12.7 Å². The first-order chi connectivity index (χ1) is 16.5. The third kappa shape index (κ3) is 6.42. The van der Waals surface area contributed by atoms with E-state index >= 15 is 0 Å². The van der Waals surface area contributed by atoms with Gasteiger partial charge in [-0.05, 0) is 0 Å². The Morgan fingerprint density at radius 2 is 1.86 bits per heavy atom. The fraction of sp³-hybridized carbons (Fsp3) is 0.625. The normalized spacial score (nSPS) is 25.6. The predicted octanol–water partition coefficient (Wildman–Crippen LogP) is -1.82. The van der Waals surface area contributed by atoms with E-state index in [1.54, 1.807) is 0 Å². The van der Waals surface area contributed by atoms with Gasteiger partial charge in [0.15, 0.2) is 23.8 Å². The van der Waals surface area contributed by atoms with Gasteiger partial charge in [-0.2, -0.15) is 0 Å². The number of nitrogen functional groups attached to an aromatic ring is 1. The number of hydrogen-bond acceptors (Lipinski definition) is 14. The lowest BCUT2D eigenvalue weighted by atomic mass is 9.88. The molecule has 0 spiro atoms. The molecule has 3 heterocycles. The second-order valence-corrected chi connectivity index (χ2v) is 11.1. The molecule has 1 saturated heterocycles. The maximum absolute atomic E-state index is 12.2. The molecule has 2 aromatic heterocycles. The molecular weight excluding hydrogens is 532 g/mol. The summed E-state index contributed by atoms with van der Waals surface area (Å²) in [5.41, 5.74) is 4.47. The summed E-state index contributed by atoms with van der Waals surface area (Å²) in [5.74, 6) is -1.58. The number of carbonyl (C=O) groups excluding carboxylic acids is 1. The summed E-state index contributed by atoms with van der Waals surface area (Å²) in [7, 11) is -10.1.